The minimum atomic E-state index is 0.615. The molecule has 0 amide bonds. The fourth-order valence-electron chi connectivity index (χ4n) is 10.0. The van der Waals surface area contributed by atoms with Crippen molar-refractivity contribution in [3.05, 3.63) is 200 Å². The van der Waals surface area contributed by atoms with Gasteiger partial charge in [0.1, 0.15) is 11.2 Å². The molecule has 5 heterocycles. The third-order valence-electron chi connectivity index (χ3n) is 12.7. The molecule has 0 saturated carbocycles. The van der Waals surface area contributed by atoms with Gasteiger partial charge in [0.15, 0.2) is 17.5 Å². The molecule has 6 nitrogen and oxygen atoms in total. The highest BCUT2D eigenvalue weighted by Crippen LogP contribution is 2.48. The van der Waals surface area contributed by atoms with Crippen LogP contribution in [0.15, 0.2) is 205 Å². The first-order chi connectivity index (χ1) is 31.7. The SMILES string of the molecule is c1ccc(-c2nc(-c3ccccc3)nc(-c3cc(-n4c5ccccc5c5ccc6c7ccccc7n(-c7ccccc7)c6c54)cc4c3sc3ccc5oc6ccccc6c5c34)n2)cc1. The van der Waals surface area contributed by atoms with Crippen LogP contribution in [0.1, 0.15) is 0 Å². The lowest BCUT2D eigenvalue weighted by Gasteiger charge is -2.15. The molecule has 298 valence electrons. The van der Waals surface area contributed by atoms with Gasteiger partial charge in [0.2, 0.25) is 0 Å². The van der Waals surface area contributed by atoms with Crippen molar-refractivity contribution in [3.63, 3.8) is 0 Å². The number of benzene rings is 9. The summed E-state index contributed by atoms with van der Waals surface area (Å²) < 4.78 is 13.7. The maximum absolute atomic E-state index is 6.54. The third kappa shape index (κ3) is 5.10. The highest BCUT2D eigenvalue weighted by molar-refractivity contribution is 7.26. The average Bonchev–Trinajstić information content (AvgIpc) is 4.12. The van der Waals surface area contributed by atoms with Crippen LogP contribution in [0.4, 0.5) is 0 Å². The Morgan fingerprint density at radius 3 is 1.55 bits per heavy atom. The molecule has 9 aromatic carbocycles. The van der Waals surface area contributed by atoms with Crippen LogP contribution in [0, 0.1) is 0 Å². The Hall–Kier alpha value is -8.39. The first kappa shape index (κ1) is 35.2. The van der Waals surface area contributed by atoms with Crippen molar-refractivity contribution in [3.8, 4) is 45.5 Å². The Labute approximate surface area is 369 Å². The summed E-state index contributed by atoms with van der Waals surface area (Å²) in [5, 5.41) is 9.26. The highest BCUT2D eigenvalue weighted by Gasteiger charge is 2.25. The summed E-state index contributed by atoms with van der Waals surface area (Å²) in [4.78, 5) is 15.8. The summed E-state index contributed by atoms with van der Waals surface area (Å²) in [6.45, 7) is 0. The predicted molar refractivity (Wildman–Crippen MR) is 265 cm³/mol. The van der Waals surface area contributed by atoms with E-state index in [1.165, 1.54) is 26.2 Å². The van der Waals surface area contributed by atoms with Crippen molar-refractivity contribution in [2.75, 3.05) is 0 Å². The summed E-state index contributed by atoms with van der Waals surface area (Å²) in [5.41, 5.74) is 11.2. The van der Waals surface area contributed by atoms with E-state index in [0.717, 1.165) is 87.5 Å². The van der Waals surface area contributed by atoms with Gasteiger partial charge < -0.3 is 13.6 Å². The molecule has 14 aromatic rings. The number of furan rings is 1. The summed E-state index contributed by atoms with van der Waals surface area (Å²) in [6, 6.07) is 70.7. The van der Waals surface area contributed by atoms with E-state index in [1.54, 1.807) is 11.3 Å². The fraction of sp³-hybridized carbons (Fsp3) is 0. The number of hydrogen-bond donors (Lipinski definition) is 0. The molecule has 0 saturated heterocycles. The average molecular weight is 836 g/mol. The maximum atomic E-state index is 6.54. The Balaban J connectivity index is 1.18. The lowest BCUT2D eigenvalue weighted by atomic mass is 10.0. The normalized spacial score (nSPS) is 12.1. The Bertz CT molecular complexity index is 4130. The molecule has 0 atom stereocenters. The van der Waals surface area contributed by atoms with Crippen molar-refractivity contribution in [2.45, 2.75) is 0 Å². The zero-order valence-electron chi connectivity index (χ0n) is 34.1. The van der Waals surface area contributed by atoms with Crippen LogP contribution in [-0.4, -0.2) is 24.1 Å². The predicted octanol–water partition coefficient (Wildman–Crippen LogP) is 15.3. The minimum Gasteiger partial charge on any atom is -0.456 e. The van der Waals surface area contributed by atoms with Gasteiger partial charge in [-0.2, -0.15) is 0 Å². The van der Waals surface area contributed by atoms with Crippen LogP contribution in [0.5, 0.6) is 0 Å². The zero-order valence-corrected chi connectivity index (χ0v) is 34.9. The van der Waals surface area contributed by atoms with Crippen molar-refractivity contribution in [1.29, 1.82) is 0 Å². The second-order valence-electron chi connectivity index (χ2n) is 16.3. The number of aromatic nitrogens is 5. The van der Waals surface area contributed by atoms with Crippen molar-refractivity contribution in [1.82, 2.24) is 24.1 Å². The summed E-state index contributed by atoms with van der Waals surface area (Å²) in [7, 11) is 0. The Morgan fingerprint density at radius 1 is 0.375 bits per heavy atom. The van der Waals surface area contributed by atoms with E-state index in [-0.39, 0.29) is 0 Å². The summed E-state index contributed by atoms with van der Waals surface area (Å²) >= 11 is 1.78. The fourth-order valence-corrected chi connectivity index (χ4v) is 11.2. The molecular formula is C57H33N5OS. The van der Waals surface area contributed by atoms with Gasteiger partial charge in [0, 0.05) is 80.6 Å². The van der Waals surface area contributed by atoms with Crippen molar-refractivity contribution in [2.24, 2.45) is 0 Å². The number of fused-ring (bicyclic) bond motifs is 14. The lowest BCUT2D eigenvalue weighted by Crippen LogP contribution is -2.02. The van der Waals surface area contributed by atoms with Gasteiger partial charge in [0.25, 0.3) is 0 Å². The van der Waals surface area contributed by atoms with Crippen molar-refractivity contribution < 1.29 is 4.42 Å². The molecule has 0 N–H and O–H groups in total. The topological polar surface area (TPSA) is 61.7 Å². The number of thiophene rings is 1. The second-order valence-corrected chi connectivity index (χ2v) is 17.4. The maximum Gasteiger partial charge on any atom is 0.165 e. The molecule has 0 bridgehead atoms. The van der Waals surface area contributed by atoms with Crippen LogP contribution in [0.25, 0.3) is 131 Å². The molecule has 5 aromatic heterocycles. The lowest BCUT2D eigenvalue weighted by molar-refractivity contribution is 0.669. The van der Waals surface area contributed by atoms with Crippen LogP contribution in [0.3, 0.4) is 0 Å². The first-order valence-corrected chi connectivity index (χ1v) is 22.3. The van der Waals surface area contributed by atoms with E-state index in [0.29, 0.717) is 17.5 Å². The number of nitrogens with zero attached hydrogens (tertiary/aromatic N) is 5. The summed E-state index contributed by atoms with van der Waals surface area (Å²) in [6.07, 6.45) is 0. The molecule has 0 aliphatic heterocycles. The number of rotatable bonds is 5. The van der Waals surface area contributed by atoms with Gasteiger partial charge >= 0.3 is 0 Å². The van der Waals surface area contributed by atoms with Gasteiger partial charge in [-0.1, -0.05) is 146 Å². The van der Waals surface area contributed by atoms with E-state index in [4.69, 9.17) is 19.4 Å². The molecule has 0 aliphatic rings. The van der Waals surface area contributed by atoms with Gasteiger partial charge in [-0.05, 0) is 54.6 Å². The smallest absolute Gasteiger partial charge is 0.165 e. The largest absolute Gasteiger partial charge is 0.456 e. The highest BCUT2D eigenvalue weighted by atomic mass is 32.1. The molecule has 64 heavy (non-hydrogen) atoms. The molecule has 0 aliphatic carbocycles. The zero-order chi connectivity index (χ0) is 41.9. The Morgan fingerprint density at radius 2 is 0.906 bits per heavy atom. The second kappa shape index (κ2) is 13.6. The molecule has 14 rings (SSSR count). The van der Waals surface area contributed by atoms with Gasteiger partial charge in [-0.25, -0.2) is 15.0 Å². The minimum absolute atomic E-state index is 0.615. The number of hydrogen-bond acceptors (Lipinski definition) is 5. The molecular weight excluding hydrogens is 803 g/mol. The molecule has 0 unspecified atom stereocenters. The van der Waals surface area contributed by atoms with E-state index >= 15 is 0 Å². The molecule has 7 heteroatoms. The van der Waals surface area contributed by atoms with E-state index in [9.17, 15) is 0 Å². The van der Waals surface area contributed by atoms with E-state index in [1.807, 2.05) is 42.5 Å². The third-order valence-corrected chi connectivity index (χ3v) is 13.9. The van der Waals surface area contributed by atoms with E-state index in [2.05, 4.69) is 167 Å². The van der Waals surface area contributed by atoms with E-state index < -0.39 is 0 Å². The standard InChI is InChI=1S/C57H33N5OS/c1-4-16-34(17-5-1)55-58-56(35-18-6-2-7-19-35)60-57(59-55)44-33-37(32-43-51-49(64-54(43)44)31-30-48-50(51)42-24-12-15-27-47(42)63-48)62-46-26-14-11-23-39(46)41-29-28-40-38-22-10-13-25-45(38)61(52(40)53(41)62)36-20-8-3-9-21-36/h1-33H. The molecule has 0 fully saturated rings. The van der Waals surface area contributed by atoms with Crippen LogP contribution < -0.4 is 0 Å². The number of para-hydroxylation sites is 4. The van der Waals surface area contributed by atoms with Gasteiger partial charge in [-0.15, -0.1) is 11.3 Å². The molecule has 0 spiro atoms. The van der Waals surface area contributed by atoms with Crippen molar-refractivity contribution >= 4 is 97.1 Å². The first-order valence-electron chi connectivity index (χ1n) is 21.4. The quantitative estimate of drug-likeness (QED) is 0.173. The molecule has 0 radical (unpaired) electrons. The van der Waals surface area contributed by atoms with Crippen LogP contribution >= 0.6 is 11.3 Å². The van der Waals surface area contributed by atoms with Gasteiger partial charge in [-0.3, -0.25) is 0 Å². The Kier molecular flexibility index (Phi) is 7.46. The summed E-state index contributed by atoms with van der Waals surface area (Å²) in [5.74, 6) is 1.86. The van der Waals surface area contributed by atoms with Gasteiger partial charge in [0.05, 0.1) is 22.1 Å². The van der Waals surface area contributed by atoms with Crippen LogP contribution in [0.2, 0.25) is 0 Å². The van der Waals surface area contributed by atoms with Crippen LogP contribution in [-0.2, 0) is 0 Å². The monoisotopic (exact) mass is 835 g/mol.